The summed E-state index contributed by atoms with van der Waals surface area (Å²) in [5, 5.41) is 8.64. The number of carboxylic acid groups (broad SMARTS) is 1. The Balaban J connectivity index is 2.15. The van der Waals surface area contributed by atoms with Gasteiger partial charge in [-0.05, 0) is 42.7 Å². The lowest BCUT2D eigenvalue weighted by molar-refractivity contribution is -0.131. The van der Waals surface area contributed by atoms with Gasteiger partial charge >= 0.3 is 5.97 Å². The molecule has 1 aromatic rings. The summed E-state index contributed by atoms with van der Waals surface area (Å²) in [6.07, 6.45) is 3.48. The number of aryl methyl sites for hydroxylation is 1. The predicted octanol–water partition coefficient (Wildman–Crippen LogP) is 1.95. The van der Waals surface area contributed by atoms with E-state index in [9.17, 15) is 9.59 Å². The van der Waals surface area contributed by atoms with Gasteiger partial charge in [-0.1, -0.05) is 6.07 Å². The Kier molecular flexibility index (Phi) is 4.75. The highest BCUT2D eigenvalue weighted by molar-refractivity contribution is 5.95. The molecule has 1 amide bonds. The van der Waals surface area contributed by atoms with Crippen LogP contribution in [-0.4, -0.2) is 48.2 Å². The average Bonchev–Trinajstić information content (AvgIpc) is 2.98. The molecule has 2 rings (SSSR count). The third-order valence-electron chi connectivity index (χ3n) is 3.70. The maximum absolute atomic E-state index is 12.4. The number of aliphatic carboxylic acids is 1. The van der Waals surface area contributed by atoms with Crippen molar-refractivity contribution >= 4 is 18.0 Å². The Morgan fingerprint density at radius 2 is 2.19 bits per heavy atom. The smallest absolute Gasteiger partial charge is 0.328 e. The number of hydrogen-bond acceptors (Lipinski definition) is 3. The summed E-state index contributed by atoms with van der Waals surface area (Å²) >= 11 is 0. The van der Waals surface area contributed by atoms with E-state index in [0.29, 0.717) is 18.8 Å². The molecule has 1 fully saturated rings. The first-order valence-electron chi connectivity index (χ1n) is 6.85. The molecule has 0 saturated carbocycles. The topological polar surface area (TPSA) is 66.8 Å². The summed E-state index contributed by atoms with van der Waals surface area (Å²) < 4.78 is 5.30. The monoisotopic (exact) mass is 289 g/mol. The number of carbonyl (C=O) groups is 2. The molecular formula is C16H19NO4. The number of hydrogen-bond donors (Lipinski definition) is 1. The van der Waals surface area contributed by atoms with E-state index in [1.54, 1.807) is 30.1 Å². The zero-order chi connectivity index (χ0) is 15.4. The first-order valence-corrected chi connectivity index (χ1v) is 6.85. The van der Waals surface area contributed by atoms with Crippen molar-refractivity contribution in [2.75, 3.05) is 20.3 Å². The third-order valence-corrected chi connectivity index (χ3v) is 3.70. The van der Waals surface area contributed by atoms with Crippen LogP contribution >= 0.6 is 0 Å². The summed E-state index contributed by atoms with van der Waals surface area (Å²) in [6.45, 7) is 3.14. The molecule has 1 aliphatic heterocycles. The largest absolute Gasteiger partial charge is 0.478 e. The molecule has 1 aliphatic rings. The second-order valence-electron chi connectivity index (χ2n) is 5.18. The first-order chi connectivity index (χ1) is 9.99. The van der Waals surface area contributed by atoms with Crippen LogP contribution < -0.4 is 0 Å². The summed E-state index contributed by atoms with van der Waals surface area (Å²) in [6, 6.07) is 5.41. The molecule has 0 bridgehead atoms. The van der Waals surface area contributed by atoms with Crippen LogP contribution in [0.5, 0.6) is 0 Å². The highest BCUT2D eigenvalue weighted by Crippen LogP contribution is 2.17. The van der Waals surface area contributed by atoms with Crippen molar-refractivity contribution in [2.24, 2.45) is 0 Å². The molecule has 1 atom stereocenters. The van der Waals surface area contributed by atoms with E-state index < -0.39 is 5.97 Å². The van der Waals surface area contributed by atoms with Crippen molar-refractivity contribution in [3.05, 3.63) is 41.0 Å². The molecule has 1 saturated heterocycles. The molecule has 0 radical (unpaired) electrons. The maximum atomic E-state index is 12.4. The Labute approximate surface area is 123 Å². The third kappa shape index (κ3) is 3.70. The Morgan fingerprint density at radius 1 is 1.43 bits per heavy atom. The number of nitrogens with zero attached hydrogens (tertiary/aromatic N) is 1. The Morgan fingerprint density at radius 3 is 2.76 bits per heavy atom. The molecule has 21 heavy (non-hydrogen) atoms. The van der Waals surface area contributed by atoms with Gasteiger partial charge in [0.05, 0.1) is 12.6 Å². The Bertz CT molecular complexity index is 574. The fourth-order valence-electron chi connectivity index (χ4n) is 2.35. The molecule has 0 spiro atoms. The second kappa shape index (κ2) is 6.54. The minimum absolute atomic E-state index is 0.0395. The quantitative estimate of drug-likeness (QED) is 0.860. The first kappa shape index (κ1) is 15.3. The number of benzene rings is 1. The van der Waals surface area contributed by atoms with Gasteiger partial charge in [-0.25, -0.2) is 4.79 Å². The normalized spacial score (nSPS) is 18.1. The predicted molar refractivity (Wildman–Crippen MR) is 79.2 cm³/mol. The minimum atomic E-state index is -0.990. The zero-order valence-corrected chi connectivity index (χ0v) is 12.2. The van der Waals surface area contributed by atoms with Crippen molar-refractivity contribution in [1.29, 1.82) is 0 Å². The van der Waals surface area contributed by atoms with Crippen molar-refractivity contribution < 1.29 is 19.4 Å². The molecule has 0 aliphatic carbocycles. The van der Waals surface area contributed by atoms with Crippen LogP contribution in [0.3, 0.4) is 0 Å². The molecule has 1 aromatic carbocycles. The van der Waals surface area contributed by atoms with Crippen molar-refractivity contribution in [3.8, 4) is 0 Å². The lowest BCUT2D eigenvalue weighted by Gasteiger charge is -2.23. The lowest BCUT2D eigenvalue weighted by atomic mass is 10.0. The summed E-state index contributed by atoms with van der Waals surface area (Å²) in [7, 11) is 1.79. The average molecular weight is 289 g/mol. The number of carbonyl (C=O) groups excluding carboxylic acids is 1. The zero-order valence-electron chi connectivity index (χ0n) is 12.2. The van der Waals surface area contributed by atoms with E-state index in [-0.39, 0.29) is 11.9 Å². The van der Waals surface area contributed by atoms with E-state index in [4.69, 9.17) is 9.84 Å². The molecular weight excluding hydrogens is 270 g/mol. The van der Waals surface area contributed by atoms with Crippen LogP contribution in [0.1, 0.15) is 27.9 Å². The molecule has 5 heteroatoms. The second-order valence-corrected chi connectivity index (χ2v) is 5.18. The van der Waals surface area contributed by atoms with Crippen LogP contribution in [0.4, 0.5) is 0 Å². The number of ether oxygens (including phenoxy) is 1. The van der Waals surface area contributed by atoms with Crippen molar-refractivity contribution in [3.63, 3.8) is 0 Å². The maximum Gasteiger partial charge on any atom is 0.328 e. The molecule has 1 heterocycles. The van der Waals surface area contributed by atoms with Crippen LogP contribution in [0, 0.1) is 6.92 Å². The van der Waals surface area contributed by atoms with Gasteiger partial charge in [-0.15, -0.1) is 0 Å². The fraction of sp³-hybridized carbons (Fsp3) is 0.375. The van der Waals surface area contributed by atoms with E-state index in [1.165, 1.54) is 6.08 Å². The lowest BCUT2D eigenvalue weighted by Crippen LogP contribution is -2.37. The number of likely N-dealkylation sites (N-methyl/N-ethyl adjacent to an activating group) is 1. The van der Waals surface area contributed by atoms with E-state index in [2.05, 4.69) is 0 Å². The van der Waals surface area contributed by atoms with E-state index in [1.807, 2.05) is 6.92 Å². The van der Waals surface area contributed by atoms with Crippen molar-refractivity contribution in [2.45, 2.75) is 19.4 Å². The standard InChI is InChI=1S/C16H19NO4/c1-11-9-13(4-3-12(11)5-6-15(18)19)16(20)17(2)14-7-8-21-10-14/h3-6,9,14H,7-8,10H2,1-2H3,(H,18,19)/b6-5+. The van der Waals surface area contributed by atoms with Gasteiger partial charge in [-0.3, -0.25) is 4.79 Å². The van der Waals surface area contributed by atoms with E-state index >= 15 is 0 Å². The van der Waals surface area contributed by atoms with Crippen molar-refractivity contribution in [1.82, 2.24) is 4.90 Å². The van der Waals surface area contributed by atoms with E-state index in [0.717, 1.165) is 23.6 Å². The minimum Gasteiger partial charge on any atom is -0.478 e. The molecule has 0 aromatic heterocycles. The summed E-state index contributed by atoms with van der Waals surface area (Å²) in [4.78, 5) is 24.7. The van der Waals surface area contributed by atoms with Gasteiger partial charge in [-0.2, -0.15) is 0 Å². The van der Waals surface area contributed by atoms with Crippen LogP contribution in [0.15, 0.2) is 24.3 Å². The highest BCUT2D eigenvalue weighted by atomic mass is 16.5. The van der Waals surface area contributed by atoms with Gasteiger partial charge in [0.2, 0.25) is 0 Å². The molecule has 5 nitrogen and oxygen atoms in total. The molecule has 112 valence electrons. The summed E-state index contributed by atoms with van der Waals surface area (Å²) in [5.41, 5.74) is 2.27. The van der Waals surface area contributed by atoms with Gasteiger partial charge < -0.3 is 14.7 Å². The van der Waals surface area contributed by atoms with Gasteiger partial charge in [0, 0.05) is 25.3 Å². The van der Waals surface area contributed by atoms with Gasteiger partial charge in [0.15, 0.2) is 0 Å². The van der Waals surface area contributed by atoms with Gasteiger partial charge in [0.1, 0.15) is 0 Å². The summed E-state index contributed by atoms with van der Waals surface area (Å²) in [5.74, 6) is -1.03. The van der Waals surface area contributed by atoms with Crippen LogP contribution in [0.25, 0.3) is 6.08 Å². The van der Waals surface area contributed by atoms with Crippen LogP contribution in [0.2, 0.25) is 0 Å². The van der Waals surface area contributed by atoms with Crippen LogP contribution in [-0.2, 0) is 9.53 Å². The SMILES string of the molecule is Cc1cc(C(=O)N(C)C2CCOC2)ccc1/C=C/C(=O)O. The number of carboxylic acids is 1. The molecule has 1 unspecified atom stereocenters. The highest BCUT2D eigenvalue weighted by Gasteiger charge is 2.24. The fourth-order valence-corrected chi connectivity index (χ4v) is 2.35. The van der Waals surface area contributed by atoms with Gasteiger partial charge in [0.25, 0.3) is 5.91 Å². The number of amides is 1. The Hall–Kier alpha value is -2.14. The molecule has 1 N–H and O–H groups in total. The number of rotatable bonds is 4.